The third-order valence-corrected chi connectivity index (χ3v) is 4.93. The maximum atomic E-state index is 12.6. The molecule has 1 aliphatic rings. The molecule has 0 saturated carbocycles. The summed E-state index contributed by atoms with van der Waals surface area (Å²) in [4.78, 5) is 25.6. The van der Waals surface area contributed by atoms with Crippen molar-refractivity contribution in [1.82, 2.24) is 29.5 Å². The van der Waals surface area contributed by atoms with Crippen molar-refractivity contribution in [3.05, 3.63) is 36.9 Å². The number of carbonyl (C=O) groups excluding carboxylic acids is 1. The second kappa shape index (κ2) is 6.96. The van der Waals surface area contributed by atoms with E-state index in [9.17, 15) is 4.79 Å². The zero-order valence-corrected chi connectivity index (χ0v) is 15.8. The Kier molecular flexibility index (Phi) is 4.49. The van der Waals surface area contributed by atoms with Crippen molar-refractivity contribution in [2.24, 2.45) is 7.05 Å². The van der Waals surface area contributed by atoms with E-state index in [2.05, 4.69) is 39.3 Å². The number of amides is 2. The zero-order valence-electron chi connectivity index (χ0n) is 15.8. The highest BCUT2D eigenvalue weighted by molar-refractivity contribution is 5.92. The smallest absolute Gasteiger partial charge is 0.319 e. The zero-order chi connectivity index (χ0) is 19.0. The lowest BCUT2D eigenvalue weighted by Crippen LogP contribution is -2.54. The average molecular weight is 365 g/mol. The molecule has 1 N–H and O–H groups in total. The van der Waals surface area contributed by atoms with Gasteiger partial charge in [-0.3, -0.25) is 15.0 Å². The Hall–Kier alpha value is -3.00. The Morgan fingerprint density at radius 3 is 2.67 bits per heavy atom. The lowest BCUT2D eigenvalue weighted by Gasteiger charge is -2.37. The fourth-order valence-electron chi connectivity index (χ4n) is 3.44. The van der Waals surface area contributed by atoms with Gasteiger partial charge in [-0.25, -0.2) is 9.78 Å². The fourth-order valence-corrected chi connectivity index (χ4v) is 3.44. The van der Waals surface area contributed by atoms with Crippen LogP contribution in [0.15, 0.2) is 36.9 Å². The molecule has 3 aromatic heterocycles. The number of carbonyl (C=O) groups is 1. The van der Waals surface area contributed by atoms with Crippen molar-refractivity contribution < 1.29 is 4.79 Å². The second-order valence-corrected chi connectivity index (χ2v) is 7.12. The van der Waals surface area contributed by atoms with Gasteiger partial charge in [-0.2, -0.15) is 5.10 Å². The first-order chi connectivity index (χ1) is 13.0. The topological polar surface area (TPSA) is 79.2 Å². The van der Waals surface area contributed by atoms with E-state index in [0.29, 0.717) is 12.4 Å². The van der Waals surface area contributed by atoms with Crippen molar-refractivity contribution in [3.63, 3.8) is 0 Å². The molecule has 0 aliphatic carbocycles. The molecular weight excluding hydrogens is 342 g/mol. The van der Waals surface area contributed by atoms with Crippen LogP contribution in [0.4, 0.5) is 10.6 Å². The van der Waals surface area contributed by atoms with Crippen LogP contribution in [0.25, 0.3) is 22.0 Å². The molecule has 1 saturated heterocycles. The molecule has 2 amide bonds. The van der Waals surface area contributed by atoms with Gasteiger partial charge in [0.15, 0.2) is 0 Å². The van der Waals surface area contributed by atoms with Crippen LogP contribution in [0.3, 0.4) is 0 Å². The van der Waals surface area contributed by atoms with Crippen molar-refractivity contribution in [1.29, 1.82) is 0 Å². The number of likely N-dealkylation sites (N-methyl/N-ethyl adjacent to an activating group) is 1. The number of urea groups is 1. The molecule has 27 heavy (non-hydrogen) atoms. The molecule has 1 fully saturated rings. The van der Waals surface area contributed by atoms with Gasteiger partial charge in [0.2, 0.25) is 0 Å². The maximum Gasteiger partial charge on any atom is 0.323 e. The van der Waals surface area contributed by atoms with Gasteiger partial charge in [0.1, 0.15) is 5.82 Å². The normalized spacial score (nSPS) is 18.0. The minimum Gasteiger partial charge on any atom is -0.319 e. The Morgan fingerprint density at radius 1 is 1.11 bits per heavy atom. The van der Waals surface area contributed by atoms with Crippen LogP contribution in [0.5, 0.6) is 0 Å². The highest BCUT2D eigenvalue weighted by Gasteiger charge is 2.25. The number of pyridine rings is 2. The van der Waals surface area contributed by atoms with Crippen LogP contribution >= 0.6 is 0 Å². The van der Waals surface area contributed by atoms with Gasteiger partial charge in [-0.1, -0.05) is 0 Å². The van der Waals surface area contributed by atoms with Gasteiger partial charge < -0.3 is 9.80 Å². The summed E-state index contributed by atoms with van der Waals surface area (Å²) in [5, 5.41) is 9.02. The number of anilines is 1. The summed E-state index contributed by atoms with van der Waals surface area (Å²) in [6.45, 7) is 4.53. The first kappa shape index (κ1) is 17.4. The number of fused-ring (bicyclic) bond motifs is 1. The third-order valence-electron chi connectivity index (χ3n) is 4.93. The van der Waals surface area contributed by atoms with Crippen LogP contribution in [0.2, 0.25) is 0 Å². The Balaban J connectivity index is 1.56. The van der Waals surface area contributed by atoms with Crippen molar-refractivity contribution >= 4 is 22.6 Å². The first-order valence-corrected chi connectivity index (χ1v) is 9.00. The van der Waals surface area contributed by atoms with Crippen LogP contribution in [-0.4, -0.2) is 68.3 Å². The predicted octanol–water partition coefficient (Wildman–Crippen LogP) is 2.20. The number of aryl methyl sites for hydroxylation is 1. The third kappa shape index (κ3) is 3.61. The summed E-state index contributed by atoms with van der Waals surface area (Å²) < 4.78 is 1.75. The summed E-state index contributed by atoms with van der Waals surface area (Å²) in [6.07, 6.45) is 7.23. The lowest BCUT2D eigenvalue weighted by molar-refractivity contribution is 0.125. The van der Waals surface area contributed by atoms with E-state index in [1.807, 2.05) is 30.3 Å². The summed E-state index contributed by atoms with van der Waals surface area (Å²) in [6, 6.07) is 3.94. The van der Waals surface area contributed by atoms with E-state index in [-0.39, 0.29) is 12.1 Å². The molecule has 4 heterocycles. The number of rotatable bonds is 2. The largest absolute Gasteiger partial charge is 0.323 e. The molecule has 0 radical (unpaired) electrons. The highest BCUT2D eigenvalue weighted by atomic mass is 16.2. The van der Waals surface area contributed by atoms with Gasteiger partial charge in [0.25, 0.3) is 0 Å². The molecular formula is C19H23N7O. The molecule has 0 aromatic carbocycles. The van der Waals surface area contributed by atoms with Crippen molar-refractivity contribution in [2.75, 3.05) is 32.0 Å². The Labute approximate surface area is 157 Å². The van der Waals surface area contributed by atoms with Gasteiger partial charge in [0.05, 0.1) is 11.9 Å². The Bertz CT molecular complexity index is 983. The molecule has 0 bridgehead atoms. The van der Waals surface area contributed by atoms with E-state index < -0.39 is 0 Å². The number of piperazine rings is 1. The van der Waals surface area contributed by atoms with Crippen LogP contribution in [-0.2, 0) is 7.05 Å². The number of nitrogens with one attached hydrogen (secondary N) is 1. The van der Waals surface area contributed by atoms with E-state index in [0.717, 1.165) is 35.1 Å². The predicted molar refractivity (Wildman–Crippen MR) is 104 cm³/mol. The van der Waals surface area contributed by atoms with E-state index in [4.69, 9.17) is 0 Å². The summed E-state index contributed by atoms with van der Waals surface area (Å²) >= 11 is 0. The molecule has 3 aromatic rings. The first-order valence-electron chi connectivity index (χ1n) is 9.00. The van der Waals surface area contributed by atoms with Gasteiger partial charge in [0, 0.05) is 62.3 Å². The highest BCUT2D eigenvalue weighted by Crippen LogP contribution is 2.23. The quantitative estimate of drug-likeness (QED) is 0.753. The lowest BCUT2D eigenvalue weighted by atomic mass is 10.1. The molecule has 1 atom stereocenters. The molecule has 0 unspecified atom stereocenters. The minimum absolute atomic E-state index is 0.107. The SMILES string of the molecule is C[C@H]1CN(C)CCN1C(=O)Nc1cc2cc(-c3cnn(C)c3)ncc2cn1. The molecule has 8 heteroatoms. The summed E-state index contributed by atoms with van der Waals surface area (Å²) in [5.74, 6) is 0.543. The molecule has 1 aliphatic heterocycles. The molecule has 140 valence electrons. The fraction of sp³-hybridized carbons (Fsp3) is 0.368. The Morgan fingerprint density at radius 2 is 1.93 bits per heavy atom. The molecule has 0 spiro atoms. The van der Waals surface area contributed by atoms with E-state index in [1.54, 1.807) is 23.3 Å². The average Bonchev–Trinajstić information content (AvgIpc) is 3.07. The standard InChI is InChI=1S/C19H23N7O/c1-13-11-24(2)4-5-26(13)19(27)23-18-7-14-6-17(16-10-22-25(3)12-16)20-8-15(14)9-21-18/h6-10,12-13H,4-5,11H2,1-3H3,(H,21,23,27)/t13-/m0/s1. The van der Waals surface area contributed by atoms with Crippen LogP contribution < -0.4 is 5.32 Å². The van der Waals surface area contributed by atoms with Crippen molar-refractivity contribution in [2.45, 2.75) is 13.0 Å². The minimum atomic E-state index is -0.107. The number of nitrogens with zero attached hydrogens (tertiary/aromatic N) is 6. The van der Waals surface area contributed by atoms with Crippen LogP contribution in [0.1, 0.15) is 6.92 Å². The number of hydrogen-bond acceptors (Lipinski definition) is 5. The van der Waals surface area contributed by atoms with Crippen LogP contribution in [0, 0.1) is 0 Å². The van der Waals surface area contributed by atoms with Gasteiger partial charge >= 0.3 is 6.03 Å². The molecule has 8 nitrogen and oxygen atoms in total. The van der Waals surface area contributed by atoms with Gasteiger partial charge in [-0.05, 0) is 31.5 Å². The van der Waals surface area contributed by atoms with E-state index >= 15 is 0 Å². The number of aromatic nitrogens is 4. The summed E-state index contributed by atoms with van der Waals surface area (Å²) in [7, 11) is 3.95. The summed E-state index contributed by atoms with van der Waals surface area (Å²) in [5.41, 5.74) is 1.79. The van der Waals surface area contributed by atoms with Gasteiger partial charge in [-0.15, -0.1) is 0 Å². The second-order valence-electron chi connectivity index (χ2n) is 7.12. The molecule has 4 rings (SSSR count). The van der Waals surface area contributed by atoms with Crippen molar-refractivity contribution in [3.8, 4) is 11.3 Å². The van der Waals surface area contributed by atoms with E-state index in [1.165, 1.54) is 0 Å². The number of hydrogen-bond donors (Lipinski definition) is 1. The monoisotopic (exact) mass is 365 g/mol. The maximum absolute atomic E-state index is 12.6.